The van der Waals surface area contributed by atoms with Gasteiger partial charge in [0.15, 0.2) is 0 Å². The largest absolute Gasteiger partial charge is 0.478 e. The molecule has 0 aliphatic heterocycles. The zero-order chi connectivity index (χ0) is 16.3. The van der Waals surface area contributed by atoms with E-state index >= 15 is 0 Å². The lowest BCUT2D eigenvalue weighted by molar-refractivity contribution is 0.0696. The molecule has 0 saturated carbocycles. The Labute approximate surface area is 128 Å². The van der Waals surface area contributed by atoms with Crippen LogP contribution in [-0.2, 0) is 0 Å². The van der Waals surface area contributed by atoms with E-state index < -0.39 is 5.97 Å². The van der Waals surface area contributed by atoms with Crippen molar-refractivity contribution < 1.29 is 14.7 Å². The van der Waals surface area contributed by atoms with E-state index in [1.54, 1.807) is 19.1 Å². The van der Waals surface area contributed by atoms with Gasteiger partial charge in [0.05, 0.1) is 16.8 Å². The molecule has 0 aliphatic carbocycles. The highest BCUT2D eigenvalue weighted by molar-refractivity contribution is 6.05. The van der Waals surface area contributed by atoms with E-state index in [-0.39, 0.29) is 17.4 Å². The summed E-state index contributed by atoms with van der Waals surface area (Å²) in [5.74, 6) is -0.610. The Kier molecular flexibility index (Phi) is 4.50. The summed E-state index contributed by atoms with van der Waals surface area (Å²) in [4.78, 5) is 31.6. The number of rotatable bonds is 4. The first-order valence-corrected chi connectivity index (χ1v) is 6.86. The highest BCUT2D eigenvalue weighted by Gasteiger charge is 2.16. The van der Waals surface area contributed by atoms with Crippen molar-refractivity contribution in [2.45, 2.75) is 26.7 Å². The molecule has 1 heterocycles. The first-order chi connectivity index (χ1) is 10.4. The third-order valence-electron chi connectivity index (χ3n) is 3.12. The van der Waals surface area contributed by atoms with Crippen LogP contribution in [0.3, 0.4) is 0 Å². The Hall–Kier alpha value is -2.76. The van der Waals surface area contributed by atoms with Gasteiger partial charge in [0.25, 0.3) is 5.91 Å². The van der Waals surface area contributed by atoms with Gasteiger partial charge in [-0.25, -0.2) is 14.8 Å². The molecule has 0 bridgehead atoms. The average Bonchev–Trinajstić information content (AvgIpc) is 2.47. The Morgan fingerprint density at radius 3 is 2.36 bits per heavy atom. The molecule has 2 aromatic rings. The second kappa shape index (κ2) is 6.34. The predicted octanol–water partition coefficient (Wildman–Crippen LogP) is 2.86. The molecule has 0 atom stereocenters. The van der Waals surface area contributed by atoms with Crippen LogP contribution in [-0.4, -0.2) is 27.0 Å². The number of nitrogens with zero attached hydrogens (tertiary/aromatic N) is 2. The number of nitrogens with one attached hydrogen (secondary N) is 1. The van der Waals surface area contributed by atoms with Gasteiger partial charge < -0.3 is 10.4 Å². The number of carboxylic acids is 1. The summed E-state index contributed by atoms with van der Waals surface area (Å²) < 4.78 is 0. The van der Waals surface area contributed by atoms with Crippen LogP contribution in [0.5, 0.6) is 0 Å². The van der Waals surface area contributed by atoms with Crippen LogP contribution in [0, 0.1) is 6.92 Å². The second-order valence-corrected chi connectivity index (χ2v) is 5.21. The second-order valence-electron chi connectivity index (χ2n) is 5.21. The van der Waals surface area contributed by atoms with Crippen LogP contribution >= 0.6 is 0 Å². The number of aromatic carboxylic acids is 1. The molecule has 1 amide bonds. The number of aryl methyl sites for hydroxylation is 1. The van der Waals surface area contributed by atoms with E-state index in [1.807, 2.05) is 13.8 Å². The molecule has 0 radical (unpaired) electrons. The Balaban J connectivity index is 2.24. The van der Waals surface area contributed by atoms with Gasteiger partial charge in [-0.05, 0) is 37.1 Å². The molecular weight excluding hydrogens is 282 g/mol. The fourth-order valence-electron chi connectivity index (χ4n) is 2.00. The summed E-state index contributed by atoms with van der Waals surface area (Å²) in [5, 5.41) is 11.6. The molecule has 0 unspecified atom stereocenters. The van der Waals surface area contributed by atoms with Crippen molar-refractivity contribution in [3.8, 4) is 0 Å². The van der Waals surface area contributed by atoms with Crippen LogP contribution < -0.4 is 5.32 Å². The van der Waals surface area contributed by atoms with Crippen LogP contribution in [0.1, 0.15) is 52.0 Å². The summed E-state index contributed by atoms with van der Waals surface area (Å²) in [6.07, 6.45) is 1.51. The molecule has 0 aliphatic rings. The molecule has 0 spiro atoms. The van der Waals surface area contributed by atoms with E-state index in [4.69, 9.17) is 5.11 Å². The van der Waals surface area contributed by atoms with E-state index in [1.165, 1.54) is 18.3 Å². The number of amides is 1. The van der Waals surface area contributed by atoms with Crippen molar-refractivity contribution in [2.75, 3.05) is 5.32 Å². The van der Waals surface area contributed by atoms with Gasteiger partial charge in [-0.3, -0.25) is 4.79 Å². The first-order valence-electron chi connectivity index (χ1n) is 6.86. The van der Waals surface area contributed by atoms with Gasteiger partial charge >= 0.3 is 5.97 Å². The Morgan fingerprint density at radius 1 is 1.18 bits per heavy atom. The maximum atomic E-state index is 12.4. The molecule has 114 valence electrons. The Morgan fingerprint density at radius 2 is 1.82 bits per heavy atom. The number of aromatic nitrogens is 2. The van der Waals surface area contributed by atoms with Crippen LogP contribution in [0.25, 0.3) is 0 Å². The Bertz CT molecular complexity index is 709. The molecule has 6 heteroatoms. The van der Waals surface area contributed by atoms with E-state index in [2.05, 4.69) is 15.3 Å². The van der Waals surface area contributed by atoms with E-state index in [0.29, 0.717) is 22.8 Å². The van der Waals surface area contributed by atoms with Crippen molar-refractivity contribution in [3.63, 3.8) is 0 Å². The van der Waals surface area contributed by atoms with Crippen molar-refractivity contribution in [1.82, 2.24) is 9.97 Å². The number of carbonyl (C=O) groups excluding carboxylic acids is 1. The topological polar surface area (TPSA) is 92.2 Å². The number of anilines is 1. The summed E-state index contributed by atoms with van der Waals surface area (Å²) in [7, 11) is 0. The average molecular weight is 299 g/mol. The van der Waals surface area contributed by atoms with Crippen molar-refractivity contribution in [1.29, 1.82) is 0 Å². The van der Waals surface area contributed by atoms with E-state index in [9.17, 15) is 9.59 Å². The number of carboxylic acid groups (broad SMARTS) is 1. The summed E-state index contributed by atoms with van der Waals surface area (Å²) in [6, 6.07) is 5.97. The molecule has 22 heavy (non-hydrogen) atoms. The molecule has 2 N–H and O–H groups in total. The lowest BCUT2D eigenvalue weighted by Crippen LogP contribution is -2.17. The number of benzene rings is 1. The SMILES string of the molecule is Cc1ncc(C(=O)Nc2ccc(C(=O)O)cc2)c(C(C)C)n1. The molecule has 0 fully saturated rings. The lowest BCUT2D eigenvalue weighted by Gasteiger charge is -2.12. The monoisotopic (exact) mass is 299 g/mol. The highest BCUT2D eigenvalue weighted by Crippen LogP contribution is 2.18. The van der Waals surface area contributed by atoms with Gasteiger partial charge in [0.1, 0.15) is 5.82 Å². The molecule has 1 aromatic heterocycles. The summed E-state index contributed by atoms with van der Waals surface area (Å²) in [5.41, 5.74) is 1.79. The zero-order valence-electron chi connectivity index (χ0n) is 12.6. The third kappa shape index (κ3) is 3.46. The highest BCUT2D eigenvalue weighted by atomic mass is 16.4. The standard InChI is InChI=1S/C16H17N3O3/c1-9(2)14-13(8-17-10(3)18-14)15(20)19-12-6-4-11(5-7-12)16(21)22/h4-9H,1-3H3,(H,19,20)(H,21,22). The third-order valence-corrected chi connectivity index (χ3v) is 3.12. The van der Waals surface area contributed by atoms with E-state index in [0.717, 1.165) is 0 Å². The van der Waals surface area contributed by atoms with Crippen LogP contribution in [0.4, 0.5) is 5.69 Å². The fraction of sp³-hybridized carbons (Fsp3) is 0.250. The molecule has 1 aromatic carbocycles. The van der Waals surface area contributed by atoms with Crippen LogP contribution in [0.2, 0.25) is 0 Å². The minimum Gasteiger partial charge on any atom is -0.478 e. The maximum Gasteiger partial charge on any atom is 0.335 e. The minimum atomic E-state index is -1.01. The number of carbonyl (C=O) groups is 2. The van der Waals surface area contributed by atoms with Crippen LogP contribution in [0.15, 0.2) is 30.5 Å². The summed E-state index contributed by atoms with van der Waals surface area (Å²) in [6.45, 7) is 5.69. The van der Waals surface area contributed by atoms with Crippen molar-refractivity contribution in [3.05, 3.63) is 53.1 Å². The predicted molar refractivity (Wildman–Crippen MR) is 82.2 cm³/mol. The normalized spacial score (nSPS) is 10.5. The number of hydrogen-bond donors (Lipinski definition) is 2. The first kappa shape index (κ1) is 15.6. The fourth-order valence-corrected chi connectivity index (χ4v) is 2.00. The zero-order valence-corrected chi connectivity index (χ0v) is 12.6. The lowest BCUT2D eigenvalue weighted by atomic mass is 10.0. The van der Waals surface area contributed by atoms with Gasteiger partial charge in [0, 0.05) is 11.9 Å². The molecule has 6 nitrogen and oxygen atoms in total. The van der Waals surface area contributed by atoms with Crippen molar-refractivity contribution >= 4 is 17.6 Å². The summed E-state index contributed by atoms with van der Waals surface area (Å²) >= 11 is 0. The van der Waals surface area contributed by atoms with Crippen molar-refractivity contribution in [2.24, 2.45) is 0 Å². The molecule has 2 rings (SSSR count). The van der Waals surface area contributed by atoms with Gasteiger partial charge in [-0.2, -0.15) is 0 Å². The molecule has 0 saturated heterocycles. The maximum absolute atomic E-state index is 12.4. The van der Waals surface area contributed by atoms with Gasteiger partial charge in [0.2, 0.25) is 0 Å². The van der Waals surface area contributed by atoms with Gasteiger partial charge in [-0.15, -0.1) is 0 Å². The molecular formula is C16H17N3O3. The van der Waals surface area contributed by atoms with Gasteiger partial charge in [-0.1, -0.05) is 13.8 Å². The smallest absolute Gasteiger partial charge is 0.335 e. The quantitative estimate of drug-likeness (QED) is 0.905. The number of hydrogen-bond acceptors (Lipinski definition) is 4. The minimum absolute atomic E-state index is 0.0943.